The number of likely N-dealkylation sites (tertiary alicyclic amines) is 1. The van der Waals surface area contributed by atoms with E-state index in [0.29, 0.717) is 37.6 Å². The van der Waals surface area contributed by atoms with Crippen LogP contribution in [0.4, 0.5) is 13.2 Å². The second-order valence-electron chi connectivity index (χ2n) is 7.48. The van der Waals surface area contributed by atoms with Crippen molar-refractivity contribution in [2.75, 3.05) is 13.1 Å². The van der Waals surface area contributed by atoms with Crippen LogP contribution in [0.5, 0.6) is 0 Å². The van der Waals surface area contributed by atoms with Gasteiger partial charge in [-0.15, -0.1) is 0 Å². The van der Waals surface area contributed by atoms with E-state index in [9.17, 15) is 18.0 Å². The zero-order valence-corrected chi connectivity index (χ0v) is 17.4. The third-order valence-corrected chi connectivity index (χ3v) is 5.44. The summed E-state index contributed by atoms with van der Waals surface area (Å²) in [6.07, 6.45) is -3.70. The summed E-state index contributed by atoms with van der Waals surface area (Å²) in [5.74, 6) is -0.0154. The first-order chi connectivity index (χ1) is 14.3. The highest BCUT2D eigenvalue weighted by atomic mass is 35.5. The van der Waals surface area contributed by atoms with E-state index in [2.05, 4.69) is 15.5 Å². The molecule has 0 aromatic heterocycles. The molecule has 30 heavy (non-hydrogen) atoms. The van der Waals surface area contributed by atoms with Gasteiger partial charge in [0, 0.05) is 37.2 Å². The average Bonchev–Trinajstić information content (AvgIpc) is 3.09. The highest BCUT2D eigenvalue weighted by molar-refractivity contribution is 6.30. The Morgan fingerprint density at radius 1 is 1.17 bits per heavy atom. The van der Waals surface area contributed by atoms with E-state index in [-0.39, 0.29) is 18.0 Å². The number of carbonyl (C=O) groups is 1. The zero-order chi connectivity index (χ0) is 21.7. The molecule has 1 fully saturated rings. The van der Waals surface area contributed by atoms with Crippen LogP contribution in [0, 0.1) is 0 Å². The van der Waals surface area contributed by atoms with Crippen molar-refractivity contribution < 1.29 is 18.0 Å². The molecule has 0 bridgehead atoms. The summed E-state index contributed by atoms with van der Waals surface area (Å²) in [5, 5.41) is 6.92. The standard InChI is InChI=1S/C22H25ClF3N3O/c1-2-27-21(30)20-11-19(14-29(20)13-16-4-3-5-18(23)10-16)28-12-15-6-8-17(9-7-15)22(24,25)26/h3-10,19-20,28H,2,11-14H2,1H3,(H,27,30)/t19-,20-/m0/s1. The van der Waals surface area contributed by atoms with Gasteiger partial charge in [-0.05, 0) is 48.7 Å². The summed E-state index contributed by atoms with van der Waals surface area (Å²) in [7, 11) is 0. The maximum absolute atomic E-state index is 12.7. The predicted molar refractivity (Wildman–Crippen MR) is 111 cm³/mol. The van der Waals surface area contributed by atoms with E-state index in [1.165, 1.54) is 12.1 Å². The van der Waals surface area contributed by atoms with E-state index in [4.69, 9.17) is 11.6 Å². The van der Waals surface area contributed by atoms with Crippen LogP contribution in [0.2, 0.25) is 5.02 Å². The summed E-state index contributed by atoms with van der Waals surface area (Å²) in [6, 6.07) is 12.5. The first-order valence-electron chi connectivity index (χ1n) is 9.92. The fourth-order valence-corrected chi connectivity index (χ4v) is 3.95. The Kier molecular flexibility index (Phi) is 7.39. The van der Waals surface area contributed by atoms with Crippen LogP contribution >= 0.6 is 11.6 Å². The molecule has 3 rings (SSSR count). The lowest BCUT2D eigenvalue weighted by atomic mass is 10.1. The number of benzene rings is 2. The average molecular weight is 440 g/mol. The third-order valence-electron chi connectivity index (χ3n) is 5.21. The van der Waals surface area contributed by atoms with Crippen molar-refractivity contribution in [3.05, 3.63) is 70.2 Å². The van der Waals surface area contributed by atoms with Gasteiger partial charge in [-0.1, -0.05) is 35.9 Å². The van der Waals surface area contributed by atoms with Crippen LogP contribution in [0.1, 0.15) is 30.0 Å². The van der Waals surface area contributed by atoms with Crippen LogP contribution in [-0.4, -0.2) is 36.0 Å². The fraction of sp³-hybridized carbons (Fsp3) is 0.409. The highest BCUT2D eigenvalue weighted by Crippen LogP contribution is 2.29. The number of rotatable bonds is 7. The van der Waals surface area contributed by atoms with Crippen LogP contribution in [0.15, 0.2) is 48.5 Å². The molecule has 2 N–H and O–H groups in total. The SMILES string of the molecule is CCNC(=O)[C@@H]1C[C@H](NCc2ccc(C(F)(F)F)cc2)CN1Cc1cccc(Cl)c1. The van der Waals surface area contributed by atoms with Crippen LogP contribution < -0.4 is 10.6 Å². The molecule has 162 valence electrons. The highest BCUT2D eigenvalue weighted by Gasteiger charge is 2.36. The van der Waals surface area contributed by atoms with Crippen LogP contribution in [0.3, 0.4) is 0 Å². The lowest BCUT2D eigenvalue weighted by Gasteiger charge is -2.23. The topological polar surface area (TPSA) is 44.4 Å². The molecule has 0 radical (unpaired) electrons. The number of nitrogens with one attached hydrogen (secondary N) is 2. The first-order valence-corrected chi connectivity index (χ1v) is 10.3. The molecule has 1 amide bonds. The van der Waals surface area contributed by atoms with Gasteiger partial charge in [-0.3, -0.25) is 9.69 Å². The Hall–Kier alpha value is -2.09. The Morgan fingerprint density at radius 3 is 2.53 bits per heavy atom. The number of hydrogen-bond acceptors (Lipinski definition) is 3. The quantitative estimate of drug-likeness (QED) is 0.678. The molecule has 4 nitrogen and oxygen atoms in total. The number of likely N-dealkylation sites (N-methyl/N-ethyl adjacent to an activating group) is 1. The molecule has 1 heterocycles. The van der Waals surface area contributed by atoms with Gasteiger partial charge in [0.15, 0.2) is 0 Å². The molecule has 0 spiro atoms. The Bertz CT molecular complexity index is 857. The van der Waals surface area contributed by atoms with Crippen LogP contribution in [0.25, 0.3) is 0 Å². The van der Waals surface area contributed by atoms with E-state index in [1.54, 1.807) is 0 Å². The lowest BCUT2D eigenvalue weighted by Crippen LogP contribution is -2.42. The maximum Gasteiger partial charge on any atom is 0.416 e. The molecule has 1 aliphatic heterocycles. The molecule has 2 aromatic carbocycles. The summed E-state index contributed by atoms with van der Waals surface area (Å²) in [5.41, 5.74) is 1.14. The zero-order valence-electron chi connectivity index (χ0n) is 16.7. The number of hydrogen-bond donors (Lipinski definition) is 2. The smallest absolute Gasteiger partial charge is 0.355 e. The molecule has 0 aliphatic carbocycles. The monoisotopic (exact) mass is 439 g/mol. The van der Waals surface area contributed by atoms with E-state index >= 15 is 0 Å². The number of amides is 1. The summed E-state index contributed by atoms with van der Waals surface area (Å²) in [6.45, 7) is 4.14. The molecular weight excluding hydrogens is 415 g/mol. The Labute approximate surface area is 179 Å². The number of carbonyl (C=O) groups excluding carboxylic acids is 1. The van der Waals surface area contributed by atoms with Gasteiger partial charge < -0.3 is 10.6 Å². The Morgan fingerprint density at radius 2 is 1.90 bits per heavy atom. The van der Waals surface area contributed by atoms with Crippen molar-refractivity contribution in [1.82, 2.24) is 15.5 Å². The molecule has 2 aromatic rings. The van der Waals surface area contributed by atoms with E-state index < -0.39 is 11.7 Å². The first kappa shape index (κ1) is 22.6. The van der Waals surface area contributed by atoms with Crippen molar-refractivity contribution in [1.29, 1.82) is 0 Å². The Balaban J connectivity index is 1.63. The van der Waals surface area contributed by atoms with E-state index in [0.717, 1.165) is 23.3 Å². The molecule has 2 atom stereocenters. The summed E-state index contributed by atoms with van der Waals surface area (Å²) >= 11 is 6.08. The van der Waals surface area contributed by atoms with Crippen molar-refractivity contribution in [3.8, 4) is 0 Å². The number of halogens is 4. The third kappa shape index (κ3) is 5.97. The molecule has 0 unspecified atom stereocenters. The van der Waals surface area contributed by atoms with Crippen molar-refractivity contribution in [2.45, 2.75) is 44.7 Å². The maximum atomic E-state index is 12.7. The lowest BCUT2D eigenvalue weighted by molar-refractivity contribution is -0.137. The van der Waals surface area contributed by atoms with Crippen LogP contribution in [-0.2, 0) is 24.1 Å². The van der Waals surface area contributed by atoms with Gasteiger partial charge >= 0.3 is 6.18 Å². The number of nitrogens with zero attached hydrogens (tertiary/aromatic N) is 1. The van der Waals surface area contributed by atoms with E-state index in [1.807, 2.05) is 31.2 Å². The second kappa shape index (κ2) is 9.81. The minimum absolute atomic E-state index is 0.0154. The fourth-order valence-electron chi connectivity index (χ4n) is 3.73. The van der Waals surface area contributed by atoms with Crippen molar-refractivity contribution in [3.63, 3.8) is 0 Å². The van der Waals surface area contributed by atoms with Gasteiger partial charge in [0.2, 0.25) is 5.91 Å². The largest absolute Gasteiger partial charge is 0.416 e. The molecule has 0 saturated carbocycles. The van der Waals surface area contributed by atoms with Gasteiger partial charge in [0.25, 0.3) is 0 Å². The molecule has 1 aliphatic rings. The summed E-state index contributed by atoms with van der Waals surface area (Å²) < 4.78 is 38.1. The minimum Gasteiger partial charge on any atom is -0.355 e. The number of alkyl halides is 3. The summed E-state index contributed by atoms with van der Waals surface area (Å²) in [4.78, 5) is 14.7. The molecular formula is C22H25ClF3N3O. The van der Waals surface area contributed by atoms with Gasteiger partial charge in [-0.25, -0.2) is 0 Å². The van der Waals surface area contributed by atoms with Crippen molar-refractivity contribution >= 4 is 17.5 Å². The van der Waals surface area contributed by atoms with Gasteiger partial charge in [0.1, 0.15) is 0 Å². The van der Waals surface area contributed by atoms with Crippen molar-refractivity contribution in [2.24, 2.45) is 0 Å². The normalized spacial score (nSPS) is 19.8. The molecule has 1 saturated heterocycles. The minimum atomic E-state index is -4.34. The second-order valence-corrected chi connectivity index (χ2v) is 7.91. The van der Waals surface area contributed by atoms with Gasteiger partial charge in [-0.2, -0.15) is 13.2 Å². The predicted octanol–water partition coefficient (Wildman–Crippen LogP) is 4.23. The molecule has 8 heteroatoms. The van der Waals surface area contributed by atoms with Gasteiger partial charge in [0.05, 0.1) is 11.6 Å².